The van der Waals surface area contributed by atoms with Gasteiger partial charge < -0.3 is 19.5 Å². The van der Waals surface area contributed by atoms with Crippen molar-refractivity contribution in [2.24, 2.45) is 0 Å². The molecule has 8 bridgehead atoms. The van der Waals surface area contributed by atoms with Gasteiger partial charge in [0.25, 0.3) is 0 Å². The summed E-state index contributed by atoms with van der Waals surface area (Å²) in [6.07, 6.45) is 0.699. The second kappa shape index (κ2) is 18.2. The van der Waals surface area contributed by atoms with E-state index in [4.69, 9.17) is 4.18 Å². The molecule has 0 aromatic heterocycles. The molecule has 1 aliphatic carbocycles. The molecule has 6 aromatic rings. The van der Waals surface area contributed by atoms with Gasteiger partial charge in [-0.3, -0.25) is 0 Å². The largest absolute Gasteiger partial charge is 0.872 e. The van der Waals surface area contributed by atoms with Crippen LogP contribution >= 0.6 is 0 Å². The average molecular weight is 758 g/mol. The molecule has 6 aromatic carbocycles. The van der Waals surface area contributed by atoms with E-state index in [1.54, 1.807) is 18.2 Å². The van der Waals surface area contributed by atoms with E-state index in [1.807, 2.05) is 127 Å². The maximum atomic E-state index is 13.9. The van der Waals surface area contributed by atoms with E-state index >= 15 is 0 Å². The summed E-state index contributed by atoms with van der Waals surface area (Å²) in [6, 6.07) is 32.8. The van der Waals surface area contributed by atoms with E-state index in [1.165, 1.54) is 12.1 Å². The number of phenols is 2. The maximum Gasteiger partial charge on any atom is 0.339 e. The molecule has 6 nitrogen and oxygen atoms in total. The molecule has 0 saturated carbocycles. The molecular weight excluding hydrogens is 705 g/mol. The van der Waals surface area contributed by atoms with Crippen LogP contribution in [0.2, 0.25) is 0 Å². The lowest BCUT2D eigenvalue weighted by Crippen LogP contribution is -2.13. The van der Waals surface area contributed by atoms with E-state index in [0.717, 1.165) is 27.8 Å². The summed E-state index contributed by atoms with van der Waals surface area (Å²) >= 11 is 0. The quantitative estimate of drug-likeness (QED) is 0.173. The highest BCUT2D eigenvalue weighted by molar-refractivity contribution is 7.87. The SMILES string of the molecule is C.CC.CC.Cc1cc2c([O-])c(c1)Cc1cc(C)cc(c1O)Cc1cc(-c3ccccc3)cc(c1OS(=O)(=O)c1ccccc1)Cc1cc(C)cc(c1O)C2. The summed E-state index contributed by atoms with van der Waals surface area (Å²) in [7, 11) is -4.28. The van der Waals surface area contributed by atoms with Crippen molar-refractivity contribution < 1.29 is 27.9 Å². The summed E-state index contributed by atoms with van der Waals surface area (Å²) in [4.78, 5) is 0.0115. The first-order valence-electron chi connectivity index (χ1n) is 18.6. The molecule has 7 heteroatoms. The van der Waals surface area contributed by atoms with Crippen LogP contribution in [0.5, 0.6) is 23.0 Å². The number of aromatic hydroxyl groups is 2. The molecule has 0 atom stereocenters. The van der Waals surface area contributed by atoms with Gasteiger partial charge in [0.2, 0.25) is 0 Å². The molecule has 0 amide bonds. The van der Waals surface area contributed by atoms with Crippen LogP contribution in [0.3, 0.4) is 0 Å². The lowest BCUT2D eigenvalue weighted by molar-refractivity contribution is -0.270. The average Bonchev–Trinajstić information content (AvgIpc) is 3.17. The van der Waals surface area contributed by atoms with Crippen LogP contribution in [-0.2, 0) is 35.8 Å². The monoisotopic (exact) mass is 757 g/mol. The highest BCUT2D eigenvalue weighted by Gasteiger charge is 2.25. The van der Waals surface area contributed by atoms with Gasteiger partial charge in [-0.25, -0.2) is 0 Å². The number of hydrogen-bond donors (Lipinski definition) is 2. The van der Waals surface area contributed by atoms with Crippen molar-refractivity contribution in [3.63, 3.8) is 0 Å². The summed E-state index contributed by atoms with van der Waals surface area (Å²) in [5.41, 5.74) is 9.01. The normalized spacial score (nSPS) is 11.8. The summed E-state index contributed by atoms with van der Waals surface area (Å²) < 4.78 is 33.8. The first-order valence-corrected chi connectivity index (χ1v) is 20.0. The summed E-state index contributed by atoms with van der Waals surface area (Å²) in [5.74, 6) is 0.125. The van der Waals surface area contributed by atoms with Crippen molar-refractivity contribution >= 4 is 10.1 Å². The fourth-order valence-electron chi connectivity index (χ4n) is 7.09. The van der Waals surface area contributed by atoms with E-state index < -0.39 is 10.1 Å². The minimum absolute atomic E-state index is 0. The zero-order chi connectivity index (χ0) is 39.2. The number of rotatable bonds is 4. The van der Waals surface area contributed by atoms with Crippen molar-refractivity contribution in [2.45, 2.75) is 86.5 Å². The Morgan fingerprint density at radius 3 is 1.25 bits per heavy atom. The molecular formula is C48H53O6S-. The van der Waals surface area contributed by atoms with Gasteiger partial charge in [0, 0.05) is 36.8 Å². The fraction of sp³-hybridized carbons (Fsp3) is 0.250. The molecule has 0 saturated heterocycles. The Kier molecular flexibility index (Phi) is 14.0. The topological polar surface area (TPSA) is 107 Å². The number of hydrogen-bond acceptors (Lipinski definition) is 6. The minimum atomic E-state index is -4.28. The van der Waals surface area contributed by atoms with E-state index in [9.17, 15) is 23.7 Å². The van der Waals surface area contributed by atoms with Gasteiger partial charge in [-0.05, 0) is 78.4 Å². The Bertz CT molecular complexity index is 2260. The molecule has 2 N–H and O–H groups in total. The van der Waals surface area contributed by atoms with Crippen LogP contribution < -0.4 is 9.29 Å². The Hall–Kier alpha value is -5.53. The second-order valence-electron chi connectivity index (χ2n) is 13.3. The smallest absolute Gasteiger partial charge is 0.339 e. The van der Waals surface area contributed by atoms with Crippen LogP contribution in [0.15, 0.2) is 114 Å². The lowest BCUT2D eigenvalue weighted by atomic mass is 9.88. The number of aryl methyl sites for hydroxylation is 3. The van der Waals surface area contributed by atoms with Gasteiger partial charge in [0.1, 0.15) is 22.1 Å². The van der Waals surface area contributed by atoms with Crippen LogP contribution in [0.1, 0.15) is 96.3 Å². The molecule has 1 aliphatic rings. The third-order valence-electron chi connectivity index (χ3n) is 9.31. The first-order chi connectivity index (χ1) is 25.9. The third-order valence-corrected chi connectivity index (χ3v) is 10.5. The van der Waals surface area contributed by atoms with Crippen molar-refractivity contribution in [3.05, 3.63) is 170 Å². The first kappa shape index (κ1) is 42.2. The Morgan fingerprint density at radius 1 is 0.509 bits per heavy atom. The lowest BCUT2D eigenvalue weighted by Gasteiger charge is -2.23. The van der Waals surface area contributed by atoms with E-state index in [-0.39, 0.29) is 61.0 Å². The number of benzene rings is 6. The van der Waals surface area contributed by atoms with Gasteiger partial charge in [0.05, 0.1) is 0 Å². The molecule has 7 rings (SSSR count). The van der Waals surface area contributed by atoms with Gasteiger partial charge in [0.15, 0.2) is 0 Å². The molecule has 0 heterocycles. The van der Waals surface area contributed by atoms with Gasteiger partial charge >= 0.3 is 10.1 Å². The molecule has 0 aliphatic heterocycles. The zero-order valence-corrected chi connectivity index (χ0v) is 33.0. The molecule has 55 heavy (non-hydrogen) atoms. The van der Waals surface area contributed by atoms with Crippen molar-refractivity contribution in [2.75, 3.05) is 0 Å². The Morgan fingerprint density at radius 2 is 0.855 bits per heavy atom. The van der Waals surface area contributed by atoms with Gasteiger partial charge in [-0.1, -0.05) is 148 Å². The number of phenolic OH excluding ortho intramolecular Hbond substituents is 2. The van der Waals surface area contributed by atoms with Crippen LogP contribution in [0, 0.1) is 20.8 Å². The molecule has 0 spiro atoms. The highest BCUT2D eigenvalue weighted by atomic mass is 32.2. The zero-order valence-electron chi connectivity index (χ0n) is 32.2. The third kappa shape index (κ3) is 9.41. The van der Waals surface area contributed by atoms with Crippen LogP contribution in [0.4, 0.5) is 0 Å². The van der Waals surface area contributed by atoms with Crippen molar-refractivity contribution in [3.8, 4) is 34.1 Å². The predicted octanol–water partition coefficient (Wildman–Crippen LogP) is 10.9. The Labute approximate surface area is 327 Å². The Balaban J connectivity index is 0.00000130. The molecule has 0 fully saturated rings. The highest BCUT2D eigenvalue weighted by Crippen LogP contribution is 2.41. The van der Waals surface area contributed by atoms with Crippen LogP contribution in [0.25, 0.3) is 11.1 Å². The number of fused-ring (bicyclic) bond motifs is 8. The molecule has 0 radical (unpaired) electrons. The van der Waals surface area contributed by atoms with Crippen molar-refractivity contribution in [1.29, 1.82) is 0 Å². The second-order valence-corrected chi connectivity index (χ2v) is 14.9. The van der Waals surface area contributed by atoms with E-state index in [2.05, 4.69) is 0 Å². The van der Waals surface area contributed by atoms with E-state index in [0.29, 0.717) is 44.5 Å². The van der Waals surface area contributed by atoms with Gasteiger partial charge in [-0.15, -0.1) is 5.75 Å². The van der Waals surface area contributed by atoms with Crippen molar-refractivity contribution in [1.82, 2.24) is 0 Å². The maximum absolute atomic E-state index is 13.9. The van der Waals surface area contributed by atoms with Crippen LogP contribution in [-0.4, -0.2) is 18.6 Å². The predicted molar refractivity (Wildman–Crippen MR) is 223 cm³/mol. The summed E-state index contributed by atoms with van der Waals surface area (Å²) in [6.45, 7) is 13.8. The van der Waals surface area contributed by atoms with Gasteiger partial charge in [-0.2, -0.15) is 8.42 Å². The standard InChI is InChI=1S/C43H38O6S.2C2H6.CH4/c1-26-14-31-22-33-16-27(2)18-35(41(33)45)24-37-20-30(29-10-6-4-7-11-29)21-38(43(37)49-50(47,48)39-12-8-5-9-13-39)25-36-19-28(3)17-34(42(36)46)23-32(15-26)40(31)44;2*1-2;/h4-21,44-46H,22-25H2,1-3H3;2*1-2H3;1H4/p-1. The fourth-order valence-corrected chi connectivity index (χ4v) is 8.11. The molecule has 288 valence electrons. The summed E-state index contributed by atoms with van der Waals surface area (Å²) in [5, 5.41) is 37.4. The minimum Gasteiger partial charge on any atom is -0.872 e. The molecule has 0 unspecified atom stereocenters.